The maximum Gasteiger partial charge on any atom is 0.191 e. The Balaban J connectivity index is 0.00000420. The van der Waals surface area contributed by atoms with Crippen LogP contribution in [0.4, 0.5) is 0 Å². The average Bonchev–Trinajstić information content (AvgIpc) is 2.71. The van der Waals surface area contributed by atoms with Gasteiger partial charge in [0.2, 0.25) is 0 Å². The third-order valence-electron chi connectivity index (χ3n) is 4.83. The molecule has 0 unspecified atom stereocenters. The smallest absolute Gasteiger partial charge is 0.191 e. The lowest BCUT2D eigenvalue weighted by atomic mass is 10.1. The summed E-state index contributed by atoms with van der Waals surface area (Å²) in [4.78, 5) is 7.30. The SMILES string of the molecule is CCNC(=NCc1ccc(C)cc1OCCOCC)NCCN1CCCCC1.I. The Morgan fingerprint density at radius 2 is 1.90 bits per heavy atom. The van der Waals surface area contributed by atoms with Crippen molar-refractivity contribution < 1.29 is 9.47 Å². The molecule has 0 amide bonds. The van der Waals surface area contributed by atoms with E-state index in [-0.39, 0.29) is 24.0 Å². The van der Waals surface area contributed by atoms with Crippen molar-refractivity contribution in [3.8, 4) is 5.75 Å². The van der Waals surface area contributed by atoms with Crippen LogP contribution in [0.15, 0.2) is 23.2 Å². The lowest BCUT2D eigenvalue weighted by Gasteiger charge is -2.26. The Morgan fingerprint density at radius 3 is 2.62 bits per heavy atom. The largest absolute Gasteiger partial charge is 0.491 e. The van der Waals surface area contributed by atoms with Gasteiger partial charge in [0.1, 0.15) is 12.4 Å². The van der Waals surface area contributed by atoms with Crippen LogP contribution in [0.3, 0.4) is 0 Å². The number of nitrogens with one attached hydrogen (secondary N) is 2. The Bertz CT molecular complexity index is 592. The normalized spacial score (nSPS) is 14.9. The number of aryl methyl sites for hydroxylation is 1. The molecule has 2 rings (SSSR count). The second-order valence-electron chi connectivity index (χ2n) is 7.18. The molecule has 6 nitrogen and oxygen atoms in total. The molecule has 1 aromatic carbocycles. The first-order valence-electron chi connectivity index (χ1n) is 10.8. The van der Waals surface area contributed by atoms with Crippen molar-refractivity contribution >= 4 is 29.9 Å². The van der Waals surface area contributed by atoms with Gasteiger partial charge in [0, 0.05) is 31.8 Å². The first-order valence-corrected chi connectivity index (χ1v) is 10.8. The van der Waals surface area contributed by atoms with Gasteiger partial charge >= 0.3 is 0 Å². The summed E-state index contributed by atoms with van der Waals surface area (Å²) in [6.07, 6.45) is 4.03. The molecule has 0 atom stereocenters. The molecule has 2 N–H and O–H groups in total. The second-order valence-corrected chi connectivity index (χ2v) is 7.18. The van der Waals surface area contributed by atoms with Gasteiger partial charge in [0.25, 0.3) is 0 Å². The van der Waals surface area contributed by atoms with Crippen LogP contribution in [0.25, 0.3) is 0 Å². The maximum absolute atomic E-state index is 5.93. The number of hydrogen-bond donors (Lipinski definition) is 2. The molecule has 0 radical (unpaired) electrons. The number of benzene rings is 1. The molecule has 1 heterocycles. The summed E-state index contributed by atoms with van der Waals surface area (Å²) in [7, 11) is 0. The summed E-state index contributed by atoms with van der Waals surface area (Å²) in [5.41, 5.74) is 2.28. The van der Waals surface area contributed by atoms with E-state index in [4.69, 9.17) is 14.5 Å². The minimum atomic E-state index is 0. The molecule has 1 aliphatic heterocycles. The molecule has 1 aliphatic rings. The van der Waals surface area contributed by atoms with E-state index < -0.39 is 0 Å². The fraction of sp³-hybridized carbons (Fsp3) is 0.682. The minimum Gasteiger partial charge on any atom is -0.491 e. The number of hydrogen-bond acceptors (Lipinski definition) is 4. The lowest BCUT2D eigenvalue weighted by Crippen LogP contribution is -2.42. The molecule has 0 bridgehead atoms. The van der Waals surface area contributed by atoms with Crippen LogP contribution in [-0.2, 0) is 11.3 Å². The van der Waals surface area contributed by atoms with Crippen molar-refractivity contribution in [2.45, 2.75) is 46.6 Å². The Kier molecular flexibility index (Phi) is 14.1. The van der Waals surface area contributed by atoms with E-state index >= 15 is 0 Å². The van der Waals surface area contributed by atoms with Crippen LogP contribution >= 0.6 is 24.0 Å². The molecule has 29 heavy (non-hydrogen) atoms. The Labute approximate surface area is 193 Å². The second kappa shape index (κ2) is 15.7. The maximum atomic E-state index is 5.93. The topological polar surface area (TPSA) is 58.1 Å². The monoisotopic (exact) mass is 518 g/mol. The van der Waals surface area contributed by atoms with E-state index in [2.05, 4.69) is 47.6 Å². The fourth-order valence-electron chi connectivity index (χ4n) is 3.30. The van der Waals surface area contributed by atoms with Crippen molar-refractivity contribution in [2.75, 3.05) is 52.5 Å². The van der Waals surface area contributed by atoms with E-state index in [0.29, 0.717) is 26.4 Å². The van der Waals surface area contributed by atoms with Gasteiger partial charge in [-0.1, -0.05) is 18.6 Å². The van der Waals surface area contributed by atoms with E-state index in [1.807, 2.05) is 6.92 Å². The van der Waals surface area contributed by atoms with Gasteiger partial charge in [-0.15, -0.1) is 24.0 Å². The van der Waals surface area contributed by atoms with Gasteiger partial charge in [0.15, 0.2) is 5.96 Å². The van der Waals surface area contributed by atoms with Gasteiger partial charge in [-0.25, -0.2) is 4.99 Å². The quantitative estimate of drug-likeness (QED) is 0.203. The highest BCUT2D eigenvalue weighted by atomic mass is 127. The van der Waals surface area contributed by atoms with Gasteiger partial charge in [-0.3, -0.25) is 0 Å². The predicted octanol–water partition coefficient (Wildman–Crippen LogP) is 3.57. The van der Waals surface area contributed by atoms with Crippen LogP contribution in [-0.4, -0.2) is 63.4 Å². The number of rotatable bonds is 11. The predicted molar refractivity (Wildman–Crippen MR) is 132 cm³/mol. The van der Waals surface area contributed by atoms with Gasteiger partial charge in [-0.2, -0.15) is 0 Å². The summed E-state index contributed by atoms with van der Waals surface area (Å²) in [5, 5.41) is 6.81. The molecule has 7 heteroatoms. The average molecular weight is 518 g/mol. The zero-order valence-electron chi connectivity index (χ0n) is 18.3. The van der Waals surface area contributed by atoms with E-state index in [0.717, 1.165) is 36.9 Å². The van der Waals surface area contributed by atoms with Crippen molar-refractivity contribution in [2.24, 2.45) is 4.99 Å². The Morgan fingerprint density at radius 1 is 1.10 bits per heavy atom. The molecular formula is C22H39IN4O2. The molecule has 0 aliphatic carbocycles. The third-order valence-corrected chi connectivity index (χ3v) is 4.83. The molecule has 1 saturated heterocycles. The minimum absolute atomic E-state index is 0. The van der Waals surface area contributed by atoms with Crippen LogP contribution in [0.1, 0.15) is 44.2 Å². The van der Waals surface area contributed by atoms with E-state index in [9.17, 15) is 0 Å². The molecule has 0 saturated carbocycles. The van der Waals surface area contributed by atoms with Crippen molar-refractivity contribution in [3.05, 3.63) is 29.3 Å². The molecule has 1 fully saturated rings. The van der Waals surface area contributed by atoms with Gasteiger partial charge in [0.05, 0.1) is 13.2 Å². The van der Waals surface area contributed by atoms with Gasteiger partial charge < -0.3 is 25.0 Å². The molecule has 0 aromatic heterocycles. The summed E-state index contributed by atoms with van der Waals surface area (Å²) in [6, 6.07) is 6.29. The zero-order chi connectivity index (χ0) is 20.0. The zero-order valence-corrected chi connectivity index (χ0v) is 20.7. The number of nitrogens with zero attached hydrogens (tertiary/aromatic N) is 2. The Hall–Kier alpha value is -1.06. The molecule has 0 spiro atoms. The van der Waals surface area contributed by atoms with Crippen molar-refractivity contribution in [1.29, 1.82) is 0 Å². The third kappa shape index (κ3) is 10.5. The van der Waals surface area contributed by atoms with E-state index in [1.165, 1.54) is 37.9 Å². The highest BCUT2D eigenvalue weighted by Gasteiger charge is 2.10. The molecule has 1 aromatic rings. The highest BCUT2D eigenvalue weighted by Crippen LogP contribution is 2.21. The summed E-state index contributed by atoms with van der Waals surface area (Å²) < 4.78 is 11.3. The highest BCUT2D eigenvalue weighted by molar-refractivity contribution is 14.0. The number of ether oxygens (including phenoxy) is 2. The number of halogens is 1. The lowest BCUT2D eigenvalue weighted by molar-refractivity contribution is 0.110. The van der Waals surface area contributed by atoms with E-state index in [1.54, 1.807) is 0 Å². The van der Waals surface area contributed by atoms with Gasteiger partial charge in [-0.05, 0) is 58.3 Å². The van der Waals surface area contributed by atoms with Crippen molar-refractivity contribution in [3.63, 3.8) is 0 Å². The standard InChI is InChI=1S/C22H38N4O2.HI/c1-4-23-22(24-11-14-26-12-7-6-8-13-26)25-18-20-10-9-19(3)17-21(20)28-16-15-27-5-2;/h9-10,17H,4-8,11-16,18H2,1-3H3,(H2,23,24,25);1H. The van der Waals surface area contributed by atoms with Crippen molar-refractivity contribution in [1.82, 2.24) is 15.5 Å². The van der Waals surface area contributed by atoms with Crippen LogP contribution in [0, 0.1) is 6.92 Å². The fourth-order valence-corrected chi connectivity index (χ4v) is 3.30. The number of guanidine groups is 1. The summed E-state index contributed by atoms with van der Waals surface area (Å²) in [5.74, 6) is 1.76. The number of likely N-dealkylation sites (tertiary alicyclic amines) is 1. The number of piperidine rings is 1. The first-order chi connectivity index (χ1) is 13.7. The first kappa shape index (κ1) is 26.0. The summed E-state index contributed by atoms with van der Waals surface area (Å²) >= 11 is 0. The van der Waals surface area contributed by atoms with Crippen LogP contribution in [0.2, 0.25) is 0 Å². The van der Waals surface area contributed by atoms with Crippen LogP contribution in [0.5, 0.6) is 5.75 Å². The summed E-state index contributed by atoms with van der Waals surface area (Å²) in [6.45, 7) is 13.9. The van der Waals surface area contributed by atoms with Crippen LogP contribution < -0.4 is 15.4 Å². The molecule has 166 valence electrons. The number of aliphatic imine (C=N–C) groups is 1. The molecular weight excluding hydrogens is 479 g/mol.